The number of aryl methyl sites for hydroxylation is 1. The molecule has 2 aromatic carbocycles. The van der Waals surface area contributed by atoms with Crippen LogP contribution in [-0.2, 0) is 12.4 Å². The predicted molar refractivity (Wildman–Crippen MR) is 95.8 cm³/mol. The molecule has 1 heterocycles. The van der Waals surface area contributed by atoms with Crippen LogP contribution >= 0.6 is 35.0 Å². The van der Waals surface area contributed by atoms with E-state index < -0.39 is 0 Å². The van der Waals surface area contributed by atoms with Crippen molar-refractivity contribution in [2.75, 3.05) is 0 Å². The maximum atomic E-state index is 6.15. The summed E-state index contributed by atoms with van der Waals surface area (Å²) in [5.74, 6) is 1.86. The maximum Gasteiger partial charge on any atom is 0.277 e. The largest absolute Gasteiger partial charge is 0.484 e. The summed E-state index contributed by atoms with van der Waals surface area (Å²) in [4.78, 5) is 0. The summed E-state index contributed by atoms with van der Waals surface area (Å²) in [6.07, 6.45) is 0. The molecule has 0 aliphatic rings. The molecule has 0 bridgehead atoms. The summed E-state index contributed by atoms with van der Waals surface area (Å²) in [6, 6.07) is 13.2. The van der Waals surface area contributed by atoms with Gasteiger partial charge in [-0.05, 0) is 36.2 Å². The third kappa shape index (κ3) is 4.44. The third-order valence-corrected chi connectivity index (χ3v) is 4.71. The molecule has 0 spiro atoms. The quantitative estimate of drug-likeness (QED) is 0.524. The first-order chi connectivity index (χ1) is 11.6. The number of rotatable bonds is 6. The maximum absolute atomic E-state index is 6.15. The molecule has 0 fully saturated rings. The van der Waals surface area contributed by atoms with Gasteiger partial charge in [0.15, 0.2) is 6.61 Å². The fourth-order valence-corrected chi connectivity index (χ4v) is 3.33. The van der Waals surface area contributed by atoms with Gasteiger partial charge in [0.1, 0.15) is 5.75 Å². The van der Waals surface area contributed by atoms with E-state index in [-0.39, 0.29) is 6.61 Å². The Labute approximate surface area is 154 Å². The van der Waals surface area contributed by atoms with E-state index in [1.54, 1.807) is 12.1 Å². The van der Waals surface area contributed by atoms with Crippen LogP contribution in [0, 0.1) is 6.92 Å². The minimum absolute atomic E-state index is 0.236. The number of hydrogen-bond acceptors (Lipinski definition) is 5. The lowest BCUT2D eigenvalue weighted by molar-refractivity contribution is 0.251. The smallest absolute Gasteiger partial charge is 0.277 e. The summed E-state index contributed by atoms with van der Waals surface area (Å²) >= 11 is 13.5. The van der Waals surface area contributed by atoms with Crippen molar-refractivity contribution in [2.45, 2.75) is 24.5 Å². The van der Waals surface area contributed by atoms with Gasteiger partial charge in [-0.1, -0.05) is 59.2 Å². The van der Waals surface area contributed by atoms with Crippen molar-refractivity contribution in [3.8, 4) is 5.75 Å². The van der Waals surface area contributed by atoms with Crippen LogP contribution in [0.4, 0.5) is 0 Å². The van der Waals surface area contributed by atoms with E-state index in [1.807, 2.05) is 37.3 Å². The Morgan fingerprint density at radius 3 is 2.75 bits per heavy atom. The van der Waals surface area contributed by atoms with E-state index in [9.17, 15) is 0 Å². The first kappa shape index (κ1) is 17.1. The van der Waals surface area contributed by atoms with Gasteiger partial charge in [-0.15, -0.1) is 10.2 Å². The highest BCUT2D eigenvalue weighted by Crippen LogP contribution is 2.28. The van der Waals surface area contributed by atoms with Gasteiger partial charge in [-0.3, -0.25) is 0 Å². The molecule has 0 unspecified atom stereocenters. The van der Waals surface area contributed by atoms with Gasteiger partial charge in [0.25, 0.3) is 11.1 Å². The number of aromatic nitrogens is 2. The van der Waals surface area contributed by atoms with E-state index in [1.165, 1.54) is 11.8 Å². The Hall–Kier alpha value is -1.69. The van der Waals surface area contributed by atoms with E-state index in [0.717, 1.165) is 16.9 Å². The monoisotopic (exact) mass is 380 g/mol. The van der Waals surface area contributed by atoms with Crippen LogP contribution in [0.2, 0.25) is 10.0 Å². The highest BCUT2D eigenvalue weighted by molar-refractivity contribution is 7.98. The minimum atomic E-state index is 0.236. The van der Waals surface area contributed by atoms with Gasteiger partial charge in [0, 0.05) is 15.8 Å². The van der Waals surface area contributed by atoms with E-state index >= 15 is 0 Å². The Morgan fingerprint density at radius 2 is 1.96 bits per heavy atom. The molecule has 0 saturated carbocycles. The van der Waals surface area contributed by atoms with Crippen LogP contribution in [0.15, 0.2) is 52.1 Å². The van der Waals surface area contributed by atoms with Gasteiger partial charge in [-0.25, -0.2) is 0 Å². The molecule has 0 aliphatic heterocycles. The van der Waals surface area contributed by atoms with Gasteiger partial charge >= 0.3 is 0 Å². The zero-order valence-corrected chi connectivity index (χ0v) is 15.2. The summed E-state index contributed by atoms with van der Waals surface area (Å²) in [7, 11) is 0. The standard InChI is InChI=1S/C17H14Cl2N2O2S/c1-11-4-2-3-5-15(11)22-9-16-20-21-17(23-16)24-10-12-6-7-13(18)8-14(12)19/h2-8H,9-10H2,1H3. The lowest BCUT2D eigenvalue weighted by Crippen LogP contribution is -1.97. The van der Waals surface area contributed by atoms with Crippen LogP contribution in [-0.4, -0.2) is 10.2 Å². The Kier molecular flexibility index (Phi) is 5.66. The minimum Gasteiger partial charge on any atom is -0.484 e. The SMILES string of the molecule is Cc1ccccc1OCc1nnc(SCc2ccc(Cl)cc2Cl)o1. The summed E-state index contributed by atoms with van der Waals surface area (Å²) in [5.41, 5.74) is 2.02. The van der Waals surface area contributed by atoms with Crippen molar-refractivity contribution in [3.05, 3.63) is 69.5 Å². The average molecular weight is 381 g/mol. The molecule has 3 aromatic rings. The molecule has 0 aliphatic carbocycles. The number of hydrogen-bond donors (Lipinski definition) is 0. The fourth-order valence-electron chi connectivity index (χ4n) is 1.99. The zero-order chi connectivity index (χ0) is 16.9. The molecule has 124 valence electrons. The van der Waals surface area contributed by atoms with E-state index in [0.29, 0.717) is 26.9 Å². The molecule has 4 nitrogen and oxygen atoms in total. The third-order valence-electron chi connectivity index (χ3n) is 3.26. The van der Waals surface area contributed by atoms with Gasteiger partial charge in [-0.2, -0.15) is 0 Å². The molecule has 3 rings (SSSR count). The molecule has 7 heteroatoms. The topological polar surface area (TPSA) is 48.2 Å². The van der Waals surface area contributed by atoms with Crippen LogP contribution in [0.25, 0.3) is 0 Å². The Balaban J connectivity index is 1.56. The highest BCUT2D eigenvalue weighted by Gasteiger charge is 2.10. The Morgan fingerprint density at radius 1 is 1.12 bits per heavy atom. The molecule has 24 heavy (non-hydrogen) atoms. The number of nitrogens with zero attached hydrogens (tertiary/aromatic N) is 2. The second kappa shape index (κ2) is 7.92. The zero-order valence-electron chi connectivity index (χ0n) is 12.8. The molecule has 1 aromatic heterocycles. The lowest BCUT2D eigenvalue weighted by Gasteiger charge is -2.05. The normalized spacial score (nSPS) is 10.8. The van der Waals surface area contributed by atoms with Crippen LogP contribution in [0.3, 0.4) is 0 Å². The van der Waals surface area contributed by atoms with Crippen molar-refractivity contribution >= 4 is 35.0 Å². The second-order valence-electron chi connectivity index (χ2n) is 5.04. The molecule has 0 saturated heterocycles. The number of halogens is 2. The lowest BCUT2D eigenvalue weighted by atomic mass is 10.2. The van der Waals surface area contributed by atoms with Gasteiger partial charge in [0.05, 0.1) is 0 Å². The van der Waals surface area contributed by atoms with Crippen molar-refractivity contribution in [3.63, 3.8) is 0 Å². The number of ether oxygens (including phenoxy) is 1. The Bertz CT molecular complexity index is 839. The van der Waals surface area contributed by atoms with Crippen LogP contribution < -0.4 is 4.74 Å². The fraction of sp³-hybridized carbons (Fsp3) is 0.176. The molecule has 0 amide bonds. The van der Waals surface area contributed by atoms with Gasteiger partial charge < -0.3 is 9.15 Å². The van der Waals surface area contributed by atoms with Crippen molar-refractivity contribution in [1.82, 2.24) is 10.2 Å². The molecular formula is C17H14Cl2N2O2S. The van der Waals surface area contributed by atoms with Crippen LogP contribution in [0.1, 0.15) is 17.0 Å². The first-order valence-electron chi connectivity index (χ1n) is 7.19. The predicted octanol–water partition coefficient (Wildman–Crippen LogP) is 5.56. The number of thioether (sulfide) groups is 1. The number of benzene rings is 2. The van der Waals surface area contributed by atoms with E-state index in [2.05, 4.69) is 10.2 Å². The van der Waals surface area contributed by atoms with Crippen molar-refractivity contribution < 1.29 is 9.15 Å². The summed E-state index contributed by atoms with van der Waals surface area (Å²) in [6.45, 7) is 2.22. The summed E-state index contributed by atoms with van der Waals surface area (Å²) in [5, 5.41) is 9.72. The van der Waals surface area contributed by atoms with Crippen molar-refractivity contribution in [1.29, 1.82) is 0 Å². The first-order valence-corrected chi connectivity index (χ1v) is 8.93. The van der Waals surface area contributed by atoms with Crippen LogP contribution in [0.5, 0.6) is 5.75 Å². The highest BCUT2D eigenvalue weighted by atomic mass is 35.5. The molecule has 0 radical (unpaired) electrons. The summed E-state index contributed by atoms with van der Waals surface area (Å²) < 4.78 is 11.3. The van der Waals surface area contributed by atoms with Crippen molar-refractivity contribution in [2.24, 2.45) is 0 Å². The molecule has 0 atom stereocenters. The van der Waals surface area contributed by atoms with E-state index in [4.69, 9.17) is 32.4 Å². The molecular weight excluding hydrogens is 367 g/mol. The van der Waals surface area contributed by atoms with Gasteiger partial charge in [0.2, 0.25) is 0 Å². The second-order valence-corrected chi connectivity index (χ2v) is 6.81. The number of para-hydroxylation sites is 1. The average Bonchev–Trinajstić information content (AvgIpc) is 3.01. The molecule has 0 N–H and O–H groups in total.